The Morgan fingerprint density at radius 1 is 0.324 bits per heavy atom. The van der Waals surface area contributed by atoms with Gasteiger partial charge in [0, 0.05) is 11.8 Å². The molecule has 0 aliphatic heterocycles. The van der Waals surface area contributed by atoms with E-state index in [1.165, 1.54) is 0 Å². The third kappa shape index (κ3) is 15.5. The Bertz CT molecular complexity index is 2240. The van der Waals surface area contributed by atoms with E-state index in [4.69, 9.17) is 28.7 Å². The van der Waals surface area contributed by atoms with Gasteiger partial charge in [-0.1, -0.05) is 72.8 Å². The lowest BCUT2D eigenvalue weighted by molar-refractivity contribution is -0.208. The zero-order valence-corrected chi connectivity index (χ0v) is 38.5. The normalized spacial score (nSPS) is 11.4. The maximum absolute atomic E-state index is 12.8. The summed E-state index contributed by atoms with van der Waals surface area (Å²) in [7, 11) is 0. The van der Waals surface area contributed by atoms with Crippen molar-refractivity contribution in [1.82, 2.24) is 0 Å². The van der Waals surface area contributed by atoms with Crippen molar-refractivity contribution in [2.24, 2.45) is 11.8 Å². The van der Waals surface area contributed by atoms with Crippen LogP contribution >= 0.6 is 0 Å². The highest BCUT2D eigenvalue weighted by Crippen LogP contribution is 2.24. The van der Waals surface area contributed by atoms with Crippen molar-refractivity contribution in [2.45, 2.75) is 68.2 Å². The summed E-state index contributed by atoms with van der Waals surface area (Å²) in [6, 6.07) is 20.1. The molecule has 0 N–H and O–H groups in total. The smallest absolute Gasteiger partial charge is 0.432 e. The third-order valence-corrected chi connectivity index (χ3v) is 10.4. The first-order chi connectivity index (χ1) is 32.4. The summed E-state index contributed by atoms with van der Waals surface area (Å²) in [5.74, 6) is -5.97. The maximum atomic E-state index is 12.8. The van der Waals surface area contributed by atoms with Crippen molar-refractivity contribution < 1.29 is 96.4 Å². The van der Waals surface area contributed by atoms with E-state index in [1.54, 1.807) is 128 Å². The molecule has 0 fully saturated rings. The predicted octanol–water partition coefficient (Wildman–Crippen LogP) is 9.17. The lowest BCUT2D eigenvalue weighted by atomic mass is 9.88. The van der Waals surface area contributed by atoms with E-state index in [0.29, 0.717) is 44.5 Å². The van der Waals surface area contributed by atoms with Crippen LogP contribution in [0, 0.1) is 67.2 Å². The molecule has 0 radical (unpaired) electrons. The SMILES string of the molecule is Cc1cccc(C)c1C(=O)OOC(=O)OCCC(COC(=O)OOC(=O)c1c(C)cccc1C)C(CCOC(=O)OOC(=O)c1c(C)cccc1C)COC(=O)OOC(=O)c1c(C)cccc1C. The van der Waals surface area contributed by atoms with Crippen LogP contribution in [0.2, 0.25) is 0 Å². The van der Waals surface area contributed by atoms with Crippen LogP contribution in [0.4, 0.5) is 19.2 Å². The summed E-state index contributed by atoms with van der Waals surface area (Å²) < 4.78 is 20.7. The van der Waals surface area contributed by atoms with Crippen LogP contribution in [-0.2, 0) is 58.0 Å². The first-order valence-electron chi connectivity index (χ1n) is 20.8. The average molecular weight is 947 g/mol. The second kappa shape index (κ2) is 25.5. The van der Waals surface area contributed by atoms with Gasteiger partial charge in [-0.05, 0) is 113 Å². The molecular formula is C48H50O20. The molecular weight excluding hydrogens is 897 g/mol. The number of carbonyl (C=O) groups excluding carboxylic acids is 8. The summed E-state index contributed by atoms with van der Waals surface area (Å²) in [6.07, 6.45) is -6.33. The molecule has 2 atom stereocenters. The molecule has 20 nitrogen and oxygen atoms in total. The molecule has 0 bridgehead atoms. The zero-order chi connectivity index (χ0) is 49.9. The molecule has 0 saturated carbocycles. The molecule has 20 heteroatoms. The molecule has 68 heavy (non-hydrogen) atoms. The van der Waals surface area contributed by atoms with Crippen LogP contribution in [0.25, 0.3) is 0 Å². The minimum Gasteiger partial charge on any atom is -0.432 e. The van der Waals surface area contributed by atoms with Crippen LogP contribution in [0.1, 0.15) is 98.8 Å². The number of hydrogen-bond acceptors (Lipinski definition) is 20. The van der Waals surface area contributed by atoms with Crippen LogP contribution in [0.5, 0.6) is 0 Å². The molecule has 0 spiro atoms. The van der Waals surface area contributed by atoms with Gasteiger partial charge >= 0.3 is 48.5 Å². The van der Waals surface area contributed by atoms with Gasteiger partial charge in [-0.3, -0.25) is 0 Å². The minimum atomic E-state index is -1.49. The number of carbonyl (C=O) groups is 8. The van der Waals surface area contributed by atoms with Crippen molar-refractivity contribution in [3.8, 4) is 0 Å². The van der Waals surface area contributed by atoms with Gasteiger partial charge in [0.1, 0.15) is 0 Å². The molecule has 0 heterocycles. The van der Waals surface area contributed by atoms with Gasteiger partial charge in [0.2, 0.25) is 0 Å². The summed E-state index contributed by atoms with van der Waals surface area (Å²) in [5.41, 5.74) is 5.00. The van der Waals surface area contributed by atoms with Crippen molar-refractivity contribution in [3.63, 3.8) is 0 Å². The Kier molecular flexibility index (Phi) is 19.7. The average Bonchev–Trinajstić information content (AvgIpc) is 3.28. The Morgan fingerprint density at radius 3 is 0.750 bits per heavy atom. The summed E-state index contributed by atoms with van der Waals surface area (Å²) in [6.45, 7) is 10.9. The fraction of sp³-hybridized carbons (Fsp3) is 0.333. The molecule has 0 aliphatic rings. The topological polar surface area (TPSA) is 247 Å². The molecule has 0 saturated heterocycles. The minimum absolute atomic E-state index is 0.143. The molecule has 4 aromatic carbocycles. The second-order valence-corrected chi connectivity index (χ2v) is 15.3. The molecule has 4 aromatic rings. The highest BCUT2D eigenvalue weighted by Gasteiger charge is 2.29. The van der Waals surface area contributed by atoms with E-state index in [9.17, 15) is 38.4 Å². The molecule has 2 unspecified atom stereocenters. The van der Waals surface area contributed by atoms with Gasteiger partial charge in [-0.15, -0.1) is 0 Å². The lowest BCUT2D eigenvalue weighted by Crippen LogP contribution is -2.30. The van der Waals surface area contributed by atoms with E-state index >= 15 is 0 Å². The molecule has 0 aliphatic carbocycles. The zero-order valence-electron chi connectivity index (χ0n) is 38.5. The quantitative estimate of drug-likeness (QED) is 0.0466. The van der Waals surface area contributed by atoms with E-state index in [1.807, 2.05) is 0 Å². The number of ether oxygens (including phenoxy) is 4. The fourth-order valence-corrected chi connectivity index (χ4v) is 6.94. The summed E-state index contributed by atoms with van der Waals surface area (Å²) >= 11 is 0. The van der Waals surface area contributed by atoms with E-state index in [0.717, 1.165) is 0 Å². The van der Waals surface area contributed by atoms with E-state index in [-0.39, 0.29) is 35.1 Å². The van der Waals surface area contributed by atoms with Gasteiger partial charge in [-0.2, -0.15) is 19.2 Å². The summed E-state index contributed by atoms with van der Waals surface area (Å²) in [4.78, 5) is 139. The van der Waals surface area contributed by atoms with Crippen LogP contribution in [0.15, 0.2) is 72.8 Å². The molecule has 362 valence electrons. The largest absolute Gasteiger partial charge is 0.549 e. The molecule has 4 rings (SSSR count). The Labute approximate surface area is 390 Å². The van der Waals surface area contributed by atoms with Crippen molar-refractivity contribution in [1.29, 1.82) is 0 Å². The van der Waals surface area contributed by atoms with Crippen LogP contribution in [0.3, 0.4) is 0 Å². The third-order valence-electron chi connectivity index (χ3n) is 10.4. The Balaban J connectivity index is 1.47. The second-order valence-electron chi connectivity index (χ2n) is 15.3. The van der Waals surface area contributed by atoms with Gasteiger partial charge in [0.25, 0.3) is 0 Å². The van der Waals surface area contributed by atoms with Crippen molar-refractivity contribution in [3.05, 3.63) is 140 Å². The predicted molar refractivity (Wildman–Crippen MR) is 231 cm³/mol. The first-order valence-corrected chi connectivity index (χ1v) is 20.8. The number of rotatable bonds is 15. The van der Waals surface area contributed by atoms with Gasteiger partial charge in [0.15, 0.2) is 0 Å². The monoisotopic (exact) mass is 946 g/mol. The summed E-state index contributed by atoms with van der Waals surface area (Å²) in [5, 5.41) is 0. The van der Waals surface area contributed by atoms with Crippen molar-refractivity contribution >= 4 is 48.5 Å². The van der Waals surface area contributed by atoms with Crippen LogP contribution in [-0.4, -0.2) is 74.9 Å². The Hall–Kier alpha value is -8.16. The van der Waals surface area contributed by atoms with Crippen LogP contribution < -0.4 is 0 Å². The van der Waals surface area contributed by atoms with Gasteiger partial charge < -0.3 is 18.9 Å². The van der Waals surface area contributed by atoms with Gasteiger partial charge in [0.05, 0.1) is 48.7 Å². The highest BCUT2D eigenvalue weighted by molar-refractivity contribution is 5.94. The molecule has 0 aromatic heterocycles. The first kappa shape index (κ1) is 52.5. The number of benzene rings is 4. The van der Waals surface area contributed by atoms with E-state index in [2.05, 4.69) is 29.3 Å². The van der Waals surface area contributed by atoms with Gasteiger partial charge in [-0.25, -0.2) is 58.3 Å². The lowest BCUT2D eigenvalue weighted by Gasteiger charge is -2.26. The van der Waals surface area contributed by atoms with E-state index < -0.39 is 86.8 Å². The number of aryl methyl sites for hydroxylation is 8. The number of hydrogen-bond donors (Lipinski definition) is 0. The molecule has 0 amide bonds. The highest BCUT2D eigenvalue weighted by atomic mass is 17.3. The standard InChI is InChI=1S/C48H50O20/c1-27-13-9-14-28(2)37(27)41(49)61-65-45(53)57-23-21-35(25-59-47(55)67-63-43(51)39-31(5)17-11-18-32(39)6)36(26-60-48(56)68-64-44(52)40-33(7)19-12-20-34(40)8)22-24-58-46(54)66-62-42(50)38-29(3)15-10-16-30(38)4/h9-20,35-36H,21-26H2,1-8H3. The van der Waals surface area contributed by atoms with Crippen molar-refractivity contribution in [2.75, 3.05) is 26.4 Å². The maximum Gasteiger partial charge on any atom is 0.549 e. The Morgan fingerprint density at radius 2 is 0.529 bits per heavy atom. The fourth-order valence-electron chi connectivity index (χ4n) is 6.94.